The van der Waals surface area contributed by atoms with Gasteiger partial charge in [-0.25, -0.2) is 0 Å². The van der Waals surface area contributed by atoms with Gasteiger partial charge in [0.15, 0.2) is 5.41 Å². The Morgan fingerprint density at radius 3 is 1.63 bits per heavy atom. The van der Waals surface area contributed by atoms with E-state index < -0.39 is 34.8 Å². The van der Waals surface area contributed by atoms with Gasteiger partial charge in [-0.1, -0.05) is 48.0 Å². The van der Waals surface area contributed by atoms with Crippen LogP contribution < -0.4 is 0 Å². The van der Waals surface area contributed by atoms with Gasteiger partial charge in [0.05, 0.1) is 0 Å². The molecule has 114 valence electrons. The fraction of sp³-hybridized carbons (Fsp3) is 0.929. The monoisotopic (exact) mass is 282 g/mol. The predicted molar refractivity (Wildman–Crippen MR) is 68.9 cm³/mol. The highest BCUT2D eigenvalue weighted by molar-refractivity contribution is 5.77. The Kier molecular flexibility index (Phi) is 5.12. The Hall–Kier alpha value is -0.740. The van der Waals surface area contributed by atoms with E-state index in [0.717, 1.165) is 0 Å². The molecule has 0 aromatic rings. The minimum absolute atomic E-state index is 0.151. The maximum atomic E-state index is 13.6. The number of hydrogen-bond acceptors (Lipinski definition) is 1. The Balaban J connectivity index is 6.05. The van der Waals surface area contributed by atoms with Crippen LogP contribution in [-0.2, 0) is 4.79 Å². The van der Waals surface area contributed by atoms with Gasteiger partial charge in [0.25, 0.3) is 0 Å². The summed E-state index contributed by atoms with van der Waals surface area (Å²) < 4.78 is 40.8. The lowest BCUT2D eigenvalue weighted by molar-refractivity contribution is -0.270. The molecule has 2 nitrogen and oxygen atoms in total. The Morgan fingerprint density at radius 1 is 1.00 bits per heavy atom. The summed E-state index contributed by atoms with van der Waals surface area (Å²) in [7, 11) is 0. The van der Waals surface area contributed by atoms with Crippen LogP contribution in [0.5, 0.6) is 0 Å². The highest BCUT2D eigenvalue weighted by Gasteiger charge is 2.68. The lowest BCUT2D eigenvalue weighted by Gasteiger charge is -2.47. The molecule has 1 atom stereocenters. The first kappa shape index (κ1) is 18.3. The first-order chi connectivity index (χ1) is 8.27. The fourth-order valence-electron chi connectivity index (χ4n) is 2.35. The van der Waals surface area contributed by atoms with Gasteiger partial charge >= 0.3 is 12.1 Å². The number of carboxylic acids is 1. The van der Waals surface area contributed by atoms with Crippen molar-refractivity contribution in [1.29, 1.82) is 0 Å². The summed E-state index contributed by atoms with van der Waals surface area (Å²) in [4.78, 5) is 11.5. The SMILES string of the molecule is CCC(C)(C)CC(C(=O)O)(C(F)(F)F)C(C)(C)CC. The van der Waals surface area contributed by atoms with E-state index in [1.54, 1.807) is 27.7 Å². The Bertz CT molecular complexity index is 332. The molecule has 0 radical (unpaired) electrons. The van der Waals surface area contributed by atoms with Crippen LogP contribution in [0.1, 0.15) is 60.8 Å². The summed E-state index contributed by atoms with van der Waals surface area (Å²) in [5.41, 5.74) is -4.75. The first-order valence-corrected chi connectivity index (χ1v) is 6.57. The summed E-state index contributed by atoms with van der Waals surface area (Å²) in [6, 6.07) is 0. The average molecular weight is 282 g/mol. The lowest BCUT2D eigenvalue weighted by Crippen LogP contribution is -2.56. The summed E-state index contributed by atoms with van der Waals surface area (Å²) in [5.74, 6) is -1.77. The molecule has 0 saturated carbocycles. The van der Waals surface area contributed by atoms with E-state index in [1.165, 1.54) is 13.8 Å². The smallest absolute Gasteiger partial charge is 0.405 e. The molecule has 5 heteroatoms. The largest absolute Gasteiger partial charge is 0.481 e. The number of halogens is 3. The van der Waals surface area contributed by atoms with Crippen LogP contribution in [0.15, 0.2) is 0 Å². The molecular formula is C14H25F3O2. The molecule has 1 N–H and O–H groups in total. The van der Waals surface area contributed by atoms with Crippen LogP contribution in [0.4, 0.5) is 13.2 Å². The van der Waals surface area contributed by atoms with Gasteiger partial charge in [0, 0.05) is 0 Å². The zero-order valence-corrected chi connectivity index (χ0v) is 12.6. The van der Waals surface area contributed by atoms with Crippen molar-refractivity contribution in [2.45, 2.75) is 67.0 Å². The second-order valence-corrected chi connectivity index (χ2v) is 6.64. The van der Waals surface area contributed by atoms with Gasteiger partial charge in [-0.3, -0.25) is 4.79 Å². The van der Waals surface area contributed by atoms with E-state index in [4.69, 9.17) is 0 Å². The van der Waals surface area contributed by atoms with E-state index in [1.807, 2.05) is 0 Å². The van der Waals surface area contributed by atoms with Crippen molar-refractivity contribution in [2.24, 2.45) is 16.2 Å². The van der Waals surface area contributed by atoms with Crippen molar-refractivity contribution in [2.75, 3.05) is 0 Å². The van der Waals surface area contributed by atoms with Crippen molar-refractivity contribution in [3.8, 4) is 0 Å². The molecule has 0 rings (SSSR count). The third-order valence-electron chi connectivity index (χ3n) is 4.59. The zero-order valence-electron chi connectivity index (χ0n) is 12.6. The van der Waals surface area contributed by atoms with Crippen LogP contribution in [0.3, 0.4) is 0 Å². The molecule has 0 aromatic carbocycles. The minimum Gasteiger partial charge on any atom is -0.481 e. The van der Waals surface area contributed by atoms with Gasteiger partial charge in [-0.15, -0.1) is 0 Å². The molecule has 0 bridgehead atoms. The van der Waals surface area contributed by atoms with Crippen LogP contribution in [0.2, 0.25) is 0 Å². The number of hydrogen-bond donors (Lipinski definition) is 1. The standard InChI is InChI=1S/C14H25F3O2/c1-7-11(3,4)9-13(10(18)19,14(15,16)17)12(5,6)8-2/h7-9H2,1-6H3,(H,18,19). The third kappa shape index (κ3) is 3.23. The average Bonchev–Trinajstić information content (AvgIpc) is 2.23. The van der Waals surface area contributed by atoms with Gasteiger partial charge in [0.2, 0.25) is 0 Å². The van der Waals surface area contributed by atoms with E-state index >= 15 is 0 Å². The molecular weight excluding hydrogens is 257 g/mol. The number of carbonyl (C=O) groups is 1. The topological polar surface area (TPSA) is 37.3 Å². The van der Waals surface area contributed by atoms with E-state index in [0.29, 0.717) is 6.42 Å². The van der Waals surface area contributed by atoms with Crippen molar-refractivity contribution in [3.63, 3.8) is 0 Å². The molecule has 19 heavy (non-hydrogen) atoms. The molecule has 0 amide bonds. The third-order valence-corrected chi connectivity index (χ3v) is 4.59. The molecule has 0 heterocycles. The number of rotatable bonds is 6. The molecule has 0 spiro atoms. The Labute approximate surface area is 113 Å². The van der Waals surface area contributed by atoms with Gasteiger partial charge in [0.1, 0.15) is 0 Å². The molecule has 0 aliphatic rings. The van der Waals surface area contributed by atoms with Crippen LogP contribution in [0.25, 0.3) is 0 Å². The molecule has 0 aliphatic carbocycles. The fourth-order valence-corrected chi connectivity index (χ4v) is 2.35. The molecule has 0 aliphatic heterocycles. The van der Waals surface area contributed by atoms with Crippen molar-refractivity contribution < 1.29 is 23.1 Å². The quantitative estimate of drug-likeness (QED) is 0.753. The molecule has 0 fully saturated rings. The summed E-state index contributed by atoms with van der Waals surface area (Å²) in [5, 5.41) is 9.36. The zero-order chi connectivity index (χ0) is 15.7. The second kappa shape index (κ2) is 5.33. The molecule has 1 unspecified atom stereocenters. The molecule has 0 saturated heterocycles. The van der Waals surface area contributed by atoms with E-state index in [9.17, 15) is 23.1 Å². The van der Waals surface area contributed by atoms with Gasteiger partial charge < -0.3 is 5.11 Å². The highest BCUT2D eigenvalue weighted by atomic mass is 19.4. The van der Waals surface area contributed by atoms with E-state index in [2.05, 4.69) is 0 Å². The van der Waals surface area contributed by atoms with Crippen molar-refractivity contribution in [1.82, 2.24) is 0 Å². The van der Waals surface area contributed by atoms with Gasteiger partial charge in [-0.2, -0.15) is 13.2 Å². The Morgan fingerprint density at radius 2 is 1.42 bits per heavy atom. The first-order valence-electron chi connectivity index (χ1n) is 6.57. The summed E-state index contributed by atoms with van der Waals surface area (Å²) in [6.07, 6.45) is -4.53. The van der Waals surface area contributed by atoms with Crippen molar-refractivity contribution in [3.05, 3.63) is 0 Å². The highest BCUT2D eigenvalue weighted by Crippen LogP contribution is 2.58. The normalized spacial score (nSPS) is 17.1. The van der Waals surface area contributed by atoms with E-state index in [-0.39, 0.29) is 6.42 Å². The van der Waals surface area contributed by atoms with Crippen LogP contribution in [0, 0.1) is 16.2 Å². The van der Waals surface area contributed by atoms with Crippen LogP contribution >= 0.6 is 0 Å². The molecule has 0 aromatic heterocycles. The maximum absolute atomic E-state index is 13.6. The van der Waals surface area contributed by atoms with Gasteiger partial charge in [-0.05, 0) is 23.7 Å². The minimum atomic E-state index is -4.77. The number of carboxylic acid groups (broad SMARTS) is 1. The summed E-state index contributed by atoms with van der Waals surface area (Å²) >= 11 is 0. The summed E-state index contributed by atoms with van der Waals surface area (Å²) in [6.45, 7) is 9.52. The maximum Gasteiger partial charge on any atom is 0.405 e. The second-order valence-electron chi connectivity index (χ2n) is 6.64. The van der Waals surface area contributed by atoms with Crippen molar-refractivity contribution >= 4 is 5.97 Å². The lowest BCUT2D eigenvalue weighted by atomic mass is 9.57. The predicted octanol–water partition coefficient (Wildman–Crippen LogP) is 4.88. The van der Waals surface area contributed by atoms with Crippen LogP contribution in [-0.4, -0.2) is 17.3 Å². The number of aliphatic carboxylic acids is 1. The number of alkyl halides is 3.